The summed E-state index contributed by atoms with van der Waals surface area (Å²) in [7, 11) is 0. The Balaban J connectivity index is 1.80. The Kier molecular flexibility index (Phi) is 10.5. The number of rotatable bonds is 12. The lowest BCUT2D eigenvalue weighted by Gasteiger charge is -2.41. The Morgan fingerprint density at radius 3 is 1.74 bits per heavy atom. The summed E-state index contributed by atoms with van der Waals surface area (Å²) in [6.45, 7) is 21.3. The lowest BCUT2D eigenvalue weighted by Crippen LogP contribution is -2.30. The minimum absolute atomic E-state index is 0.185. The topological polar surface area (TPSA) is 27.7 Å². The average Bonchev–Trinajstić information content (AvgIpc) is 2.75. The molecular weight excluding hydrogens is 420 g/mol. The molecule has 2 unspecified atom stereocenters. The Hall–Kier alpha value is -2.00. The molecule has 0 aromatic heterocycles. The third-order valence-corrected chi connectivity index (χ3v) is 6.43. The van der Waals surface area contributed by atoms with Crippen LogP contribution in [-0.2, 0) is 4.74 Å². The van der Waals surface area contributed by atoms with Crippen molar-refractivity contribution in [2.24, 2.45) is 10.8 Å². The molecule has 0 radical (unpaired) electrons. The second-order valence-electron chi connectivity index (χ2n) is 11.6. The summed E-state index contributed by atoms with van der Waals surface area (Å²) in [4.78, 5) is 0. The molecule has 0 aliphatic rings. The summed E-state index contributed by atoms with van der Waals surface area (Å²) in [6.07, 6.45) is 3.29. The smallest absolute Gasteiger partial charge is 0.197 e. The third kappa shape index (κ3) is 8.65. The van der Waals surface area contributed by atoms with Gasteiger partial charge in [-0.1, -0.05) is 86.1 Å². The molecule has 2 atom stereocenters. The number of benzene rings is 2. The molecule has 0 aliphatic heterocycles. The molecule has 0 saturated heterocycles. The standard InChI is InChI=1S/C31H48O3/c1-10-12-24(11-2)25-13-17-27(18-14-25)33-22-21-32-23(3)34-28-19-15-26(16-20-28)29(30(4,5)6)31(7,8)9/h13-20,23-24,29H,10-12,21-22H2,1-9H3. The van der Waals surface area contributed by atoms with Crippen molar-refractivity contribution in [2.75, 3.05) is 13.2 Å². The fourth-order valence-corrected chi connectivity index (χ4v) is 5.43. The minimum atomic E-state index is -0.336. The van der Waals surface area contributed by atoms with E-state index < -0.39 is 0 Å². The van der Waals surface area contributed by atoms with E-state index in [1.54, 1.807) is 0 Å². The van der Waals surface area contributed by atoms with E-state index in [2.05, 4.69) is 104 Å². The van der Waals surface area contributed by atoms with Crippen LogP contribution >= 0.6 is 0 Å². The van der Waals surface area contributed by atoms with Crippen LogP contribution in [0.1, 0.15) is 105 Å². The number of ether oxygens (including phenoxy) is 3. The summed E-state index contributed by atoms with van der Waals surface area (Å²) in [5.41, 5.74) is 3.12. The first kappa shape index (κ1) is 28.2. The van der Waals surface area contributed by atoms with Crippen LogP contribution in [0.15, 0.2) is 48.5 Å². The van der Waals surface area contributed by atoms with Gasteiger partial charge in [-0.15, -0.1) is 0 Å². The second kappa shape index (κ2) is 12.6. The number of hydrogen-bond acceptors (Lipinski definition) is 3. The quantitative estimate of drug-likeness (QED) is 0.230. The molecule has 190 valence electrons. The molecule has 0 bridgehead atoms. The highest BCUT2D eigenvalue weighted by molar-refractivity contribution is 5.32. The van der Waals surface area contributed by atoms with Crippen molar-refractivity contribution in [1.29, 1.82) is 0 Å². The summed E-state index contributed by atoms with van der Waals surface area (Å²) < 4.78 is 17.7. The van der Waals surface area contributed by atoms with Crippen LogP contribution in [-0.4, -0.2) is 19.5 Å². The second-order valence-corrected chi connectivity index (χ2v) is 11.6. The zero-order valence-electron chi connectivity index (χ0n) is 23.1. The van der Waals surface area contributed by atoms with Crippen molar-refractivity contribution < 1.29 is 14.2 Å². The van der Waals surface area contributed by atoms with Gasteiger partial charge in [0.05, 0.1) is 6.61 Å². The van der Waals surface area contributed by atoms with E-state index in [1.165, 1.54) is 30.4 Å². The molecule has 0 saturated carbocycles. The molecular formula is C31H48O3. The third-order valence-electron chi connectivity index (χ3n) is 6.43. The van der Waals surface area contributed by atoms with E-state index in [4.69, 9.17) is 14.2 Å². The SMILES string of the molecule is CCCC(CC)c1ccc(OCCOC(C)Oc2ccc(C(C(C)(C)C)C(C)(C)C)cc2)cc1. The van der Waals surface area contributed by atoms with Crippen molar-refractivity contribution in [1.82, 2.24) is 0 Å². The fourth-order valence-electron chi connectivity index (χ4n) is 5.43. The minimum Gasteiger partial charge on any atom is -0.491 e. The normalized spacial score (nSPS) is 14.2. The average molecular weight is 469 g/mol. The van der Waals surface area contributed by atoms with Gasteiger partial charge >= 0.3 is 0 Å². The first-order chi connectivity index (χ1) is 16.0. The van der Waals surface area contributed by atoms with Crippen molar-refractivity contribution >= 4 is 0 Å². The van der Waals surface area contributed by atoms with Crippen molar-refractivity contribution in [3.63, 3.8) is 0 Å². The van der Waals surface area contributed by atoms with Gasteiger partial charge in [0.25, 0.3) is 0 Å². The molecule has 0 amide bonds. The molecule has 0 heterocycles. The van der Waals surface area contributed by atoms with Gasteiger partial charge in [0.1, 0.15) is 18.1 Å². The monoisotopic (exact) mass is 468 g/mol. The summed E-state index contributed by atoms with van der Waals surface area (Å²) in [5, 5.41) is 0. The molecule has 3 nitrogen and oxygen atoms in total. The van der Waals surface area contributed by atoms with E-state index in [9.17, 15) is 0 Å². The van der Waals surface area contributed by atoms with Crippen LogP contribution in [0.5, 0.6) is 11.5 Å². The maximum absolute atomic E-state index is 5.97. The zero-order chi connectivity index (χ0) is 25.4. The zero-order valence-corrected chi connectivity index (χ0v) is 23.1. The van der Waals surface area contributed by atoms with E-state index in [-0.39, 0.29) is 17.1 Å². The molecule has 2 rings (SSSR count). The molecule has 2 aromatic carbocycles. The van der Waals surface area contributed by atoms with Crippen LogP contribution in [0.25, 0.3) is 0 Å². The Labute approximate surface area is 209 Å². The van der Waals surface area contributed by atoms with Gasteiger partial charge in [-0.2, -0.15) is 0 Å². The molecule has 3 heteroatoms. The van der Waals surface area contributed by atoms with Crippen LogP contribution in [0.3, 0.4) is 0 Å². The number of hydrogen-bond donors (Lipinski definition) is 0. The maximum atomic E-state index is 5.97. The highest BCUT2D eigenvalue weighted by Crippen LogP contribution is 2.47. The van der Waals surface area contributed by atoms with Gasteiger partial charge in [0.15, 0.2) is 6.29 Å². The lowest BCUT2D eigenvalue weighted by molar-refractivity contribution is -0.0739. The van der Waals surface area contributed by atoms with Crippen LogP contribution in [0.4, 0.5) is 0 Å². The fraction of sp³-hybridized carbons (Fsp3) is 0.613. The Bertz CT molecular complexity index is 811. The molecule has 0 N–H and O–H groups in total. The summed E-state index contributed by atoms with van der Waals surface area (Å²) >= 11 is 0. The first-order valence-corrected chi connectivity index (χ1v) is 13.1. The largest absolute Gasteiger partial charge is 0.491 e. The van der Waals surface area contributed by atoms with Crippen molar-refractivity contribution in [3.05, 3.63) is 59.7 Å². The predicted molar refractivity (Wildman–Crippen MR) is 144 cm³/mol. The van der Waals surface area contributed by atoms with Crippen LogP contribution < -0.4 is 9.47 Å². The van der Waals surface area contributed by atoms with E-state index in [1.807, 2.05) is 6.92 Å². The lowest BCUT2D eigenvalue weighted by atomic mass is 9.64. The van der Waals surface area contributed by atoms with Crippen molar-refractivity contribution in [3.8, 4) is 11.5 Å². The van der Waals surface area contributed by atoms with Crippen LogP contribution in [0.2, 0.25) is 0 Å². The molecule has 0 aliphatic carbocycles. The maximum Gasteiger partial charge on any atom is 0.197 e. The summed E-state index contributed by atoms with van der Waals surface area (Å²) in [5.74, 6) is 2.80. The van der Waals surface area contributed by atoms with E-state index >= 15 is 0 Å². The predicted octanol–water partition coefficient (Wildman–Crippen LogP) is 8.98. The van der Waals surface area contributed by atoms with Gasteiger partial charge < -0.3 is 14.2 Å². The van der Waals surface area contributed by atoms with Gasteiger partial charge in [0, 0.05) is 0 Å². The van der Waals surface area contributed by atoms with Gasteiger partial charge in [-0.25, -0.2) is 0 Å². The van der Waals surface area contributed by atoms with Gasteiger partial charge in [0.2, 0.25) is 0 Å². The van der Waals surface area contributed by atoms with Gasteiger partial charge in [-0.05, 0) is 77.8 Å². The van der Waals surface area contributed by atoms with E-state index in [0.717, 1.165) is 11.5 Å². The van der Waals surface area contributed by atoms with Gasteiger partial charge in [-0.3, -0.25) is 0 Å². The Morgan fingerprint density at radius 2 is 1.24 bits per heavy atom. The summed E-state index contributed by atoms with van der Waals surface area (Å²) in [6, 6.07) is 17.0. The highest BCUT2D eigenvalue weighted by atomic mass is 16.7. The molecule has 34 heavy (non-hydrogen) atoms. The van der Waals surface area contributed by atoms with Crippen molar-refractivity contribution in [2.45, 2.75) is 99.7 Å². The van der Waals surface area contributed by atoms with E-state index in [0.29, 0.717) is 25.0 Å². The molecule has 2 aromatic rings. The highest BCUT2D eigenvalue weighted by Gasteiger charge is 2.35. The first-order valence-electron chi connectivity index (χ1n) is 13.1. The van der Waals surface area contributed by atoms with Crippen LogP contribution in [0, 0.1) is 10.8 Å². The Morgan fingerprint density at radius 1 is 0.706 bits per heavy atom. The molecule has 0 fully saturated rings. The molecule has 0 spiro atoms.